The van der Waals surface area contributed by atoms with Gasteiger partial charge in [-0.1, -0.05) is 25.6 Å². The van der Waals surface area contributed by atoms with Crippen molar-refractivity contribution >= 4 is 5.69 Å². The van der Waals surface area contributed by atoms with Crippen LogP contribution in [0.4, 0.5) is 10.1 Å². The summed E-state index contributed by atoms with van der Waals surface area (Å²) in [4.78, 5) is 9.81. The number of aryl methyl sites for hydroxylation is 3. The van der Waals surface area contributed by atoms with Gasteiger partial charge in [-0.15, -0.1) is 0 Å². The summed E-state index contributed by atoms with van der Waals surface area (Å²) in [6.07, 6.45) is 14.2. The minimum Gasteiger partial charge on any atom is -0.513 e. The molecule has 4 nitrogen and oxygen atoms in total. The number of pyridine rings is 1. The summed E-state index contributed by atoms with van der Waals surface area (Å²) in [7, 11) is 0. The number of hydrogen-bond acceptors (Lipinski definition) is 4. The van der Waals surface area contributed by atoms with Gasteiger partial charge in [0.15, 0.2) is 0 Å². The molecule has 2 fully saturated rings. The largest absolute Gasteiger partial charge is 0.513 e. The van der Waals surface area contributed by atoms with Crippen LogP contribution < -0.4 is 4.90 Å². The normalized spacial score (nSPS) is 21.2. The van der Waals surface area contributed by atoms with Gasteiger partial charge in [0.05, 0.1) is 5.76 Å². The molecular formula is C36H52FN3O. The number of allylic oxidation sites excluding steroid dienone is 1. The van der Waals surface area contributed by atoms with Gasteiger partial charge in [-0.05, 0) is 143 Å². The van der Waals surface area contributed by atoms with Gasteiger partial charge in [0.2, 0.25) is 0 Å². The van der Waals surface area contributed by atoms with Crippen molar-refractivity contribution in [3.05, 3.63) is 70.7 Å². The third-order valence-corrected chi connectivity index (χ3v) is 9.89. The monoisotopic (exact) mass is 561 g/mol. The standard InChI is InChI=1S/C36H52FN3O/c1-5-27-10-12-33(29-15-17-39(18-16-29)25-36(3,4)37)35(22-27)40-19-13-28(14-20-40)9-11-32-23-34-30(21-26(2)41)7-6-8-31(34)24-38-32/h10,12,22-24,28-30,41H,2,5-9,11,13-21,25H2,1,3-4H3. The van der Waals surface area contributed by atoms with Gasteiger partial charge >= 0.3 is 0 Å². The quantitative estimate of drug-likeness (QED) is 0.296. The first kappa shape index (κ1) is 30.1. The summed E-state index contributed by atoms with van der Waals surface area (Å²) in [6, 6.07) is 9.52. The highest BCUT2D eigenvalue weighted by Gasteiger charge is 2.29. The van der Waals surface area contributed by atoms with E-state index in [1.165, 1.54) is 59.3 Å². The maximum Gasteiger partial charge on any atom is 0.118 e. The van der Waals surface area contributed by atoms with Gasteiger partial charge in [0, 0.05) is 43.6 Å². The molecule has 0 bridgehead atoms. The molecule has 3 heterocycles. The van der Waals surface area contributed by atoms with Crippen LogP contribution in [0.3, 0.4) is 0 Å². The van der Waals surface area contributed by atoms with E-state index in [-0.39, 0.29) is 0 Å². The van der Waals surface area contributed by atoms with E-state index >= 15 is 0 Å². The number of aromatic nitrogens is 1. The van der Waals surface area contributed by atoms with E-state index in [1.54, 1.807) is 13.8 Å². The van der Waals surface area contributed by atoms with Crippen LogP contribution in [0.5, 0.6) is 0 Å². The lowest BCUT2D eigenvalue weighted by atomic mass is 9.81. The van der Waals surface area contributed by atoms with Gasteiger partial charge in [-0.3, -0.25) is 4.98 Å². The molecule has 1 atom stereocenters. The Morgan fingerprint density at radius 3 is 2.49 bits per heavy atom. The van der Waals surface area contributed by atoms with Crippen molar-refractivity contribution in [3.8, 4) is 0 Å². The molecule has 1 unspecified atom stereocenters. The highest BCUT2D eigenvalue weighted by molar-refractivity contribution is 5.57. The van der Waals surface area contributed by atoms with Crippen molar-refractivity contribution < 1.29 is 9.50 Å². The Kier molecular flexibility index (Phi) is 9.74. The Hall–Kier alpha value is -2.40. The average molecular weight is 562 g/mol. The highest BCUT2D eigenvalue weighted by atomic mass is 19.1. The predicted octanol–water partition coefficient (Wildman–Crippen LogP) is 8.30. The zero-order valence-electron chi connectivity index (χ0n) is 25.8. The molecule has 0 amide bonds. The maximum absolute atomic E-state index is 14.2. The molecular weight excluding hydrogens is 509 g/mol. The van der Waals surface area contributed by atoms with Crippen LogP contribution in [-0.2, 0) is 19.3 Å². The van der Waals surface area contributed by atoms with Crippen LogP contribution in [0, 0.1) is 5.92 Å². The van der Waals surface area contributed by atoms with Gasteiger partial charge in [-0.25, -0.2) is 4.39 Å². The molecule has 5 heteroatoms. The van der Waals surface area contributed by atoms with Crippen LogP contribution in [0.1, 0.15) is 112 Å². The molecule has 5 rings (SSSR count). The van der Waals surface area contributed by atoms with E-state index in [4.69, 9.17) is 4.98 Å². The third-order valence-electron chi connectivity index (χ3n) is 9.89. The molecule has 0 radical (unpaired) electrons. The fraction of sp³-hybridized carbons (Fsp3) is 0.639. The second-order valence-electron chi connectivity index (χ2n) is 13.7. The van der Waals surface area contributed by atoms with Crippen molar-refractivity contribution in [1.82, 2.24) is 9.88 Å². The number of anilines is 1. The minimum atomic E-state index is -1.13. The summed E-state index contributed by atoms with van der Waals surface area (Å²) in [5.74, 6) is 1.99. The molecule has 3 aliphatic rings. The zero-order chi connectivity index (χ0) is 29.0. The lowest BCUT2D eigenvalue weighted by molar-refractivity contribution is 0.106. The average Bonchev–Trinajstić information content (AvgIpc) is 2.95. The van der Waals surface area contributed by atoms with Crippen molar-refractivity contribution in [1.29, 1.82) is 0 Å². The number of aliphatic hydroxyl groups is 1. The Morgan fingerprint density at radius 2 is 1.80 bits per heavy atom. The lowest BCUT2D eigenvalue weighted by Gasteiger charge is -2.39. The number of alkyl halides is 1. The highest BCUT2D eigenvalue weighted by Crippen LogP contribution is 2.39. The van der Waals surface area contributed by atoms with Crippen molar-refractivity contribution in [2.75, 3.05) is 37.6 Å². The molecule has 0 saturated carbocycles. The Bertz CT molecular complexity index is 1170. The zero-order valence-corrected chi connectivity index (χ0v) is 25.8. The van der Waals surface area contributed by atoms with Crippen molar-refractivity contribution in [2.45, 2.75) is 109 Å². The molecule has 1 N–H and O–H groups in total. The van der Waals surface area contributed by atoms with Crippen molar-refractivity contribution in [3.63, 3.8) is 0 Å². The molecule has 2 aliphatic heterocycles. The summed E-state index contributed by atoms with van der Waals surface area (Å²) in [5.41, 5.74) is 7.23. The first-order valence-corrected chi connectivity index (χ1v) is 16.3. The maximum atomic E-state index is 14.2. The van der Waals surface area contributed by atoms with Crippen LogP contribution >= 0.6 is 0 Å². The molecule has 1 aliphatic carbocycles. The van der Waals surface area contributed by atoms with Gasteiger partial charge < -0.3 is 14.9 Å². The summed E-state index contributed by atoms with van der Waals surface area (Å²) < 4.78 is 14.2. The molecule has 2 aromatic rings. The number of benzene rings is 1. The second-order valence-corrected chi connectivity index (χ2v) is 13.7. The molecule has 1 aromatic carbocycles. The van der Waals surface area contributed by atoms with E-state index in [1.807, 2.05) is 0 Å². The first-order valence-electron chi connectivity index (χ1n) is 16.3. The molecule has 1 aromatic heterocycles. The van der Waals surface area contributed by atoms with Crippen LogP contribution in [0.2, 0.25) is 0 Å². The van der Waals surface area contributed by atoms with Crippen LogP contribution in [-0.4, -0.2) is 53.4 Å². The smallest absolute Gasteiger partial charge is 0.118 e. The minimum absolute atomic E-state index is 0.298. The van der Waals surface area contributed by atoms with Crippen LogP contribution in [0.15, 0.2) is 42.8 Å². The molecule has 224 valence electrons. The summed E-state index contributed by atoms with van der Waals surface area (Å²) in [5, 5.41) is 9.82. The van der Waals surface area contributed by atoms with Crippen LogP contribution in [0.25, 0.3) is 0 Å². The van der Waals surface area contributed by atoms with E-state index < -0.39 is 5.67 Å². The second kappa shape index (κ2) is 13.3. The van der Waals surface area contributed by atoms with Gasteiger partial charge in [0.25, 0.3) is 0 Å². The van der Waals surface area contributed by atoms with E-state index in [0.29, 0.717) is 30.6 Å². The molecule has 0 spiro atoms. The van der Waals surface area contributed by atoms with Gasteiger partial charge in [0.1, 0.15) is 5.67 Å². The number of fused-ring (bicyclic) bond motifs is 1. The number of aliphatic hydroxyl groups excluding tert-OH is 1. The van der Waals surface area contributed by atoms with E-state index in [2.05, 4.69) is 53.8 Å². The Labute approximate surface area is 248 Å². The number of halogens is 1. The van der Waals surface area contributed by atoms with Gasteiger partial charge in [-0.2, -0.15) is 0 Å². The van der Waals surface area contributed by atoms with E-state index in [9.17, 15) is 9.50 Å². The number of hydrogen-bond donors (Lipinski definition) is 1. The number of rotatable bonds is 10. The van der Waals surface area contributed by atoms with E-state index in [0.717, 1.165) is 70.6 Å². The fourth-order valence-corrected chi connectivity index (χ4v) is 7.64. The third kappa shape index (κ3) is 7.91. The van der Waals surface area contributed by atoms with Crippen molar-refractivity contribution in [2.24, 2.45) is 5.92 Å². The fourth-order valence-electron chi connectivity index (χ4n) is 7.64. The number of nitrogens with zero attached hydrogens (tertiary/aromatic N) is 3. The number of likely N-dealkylation sites (tertiary alicyclic amines) is 1. The lowest BCUT2D eigenvalue weighted by Crippen LogP contribution is -2.41. The SMILES string of the molecule is C=C(O)CC1CCCc2cnc(CCC3CCN(c4cc(CC)ccc4C4CCN(CC(C)(C)F)CC4)CC3)cc21. The Morgan fingerprint density at radius 1 is 1.05 bits per heavy atom. The first-order chi connectivity index (χ1) is 19.7. The Balaban J connectivity index is 1.18. The number of piperidine rings is 2. The summed E-state index contributed by atoms with van der Waals surface area (Å²) in [6.45, 7) is 14.1. The topological polar surface area (TPSA) is 39.6 Å². The summed E-state index contributed by atoms with van der Waals surface area (Å²) >= 11 is 0. The molecule has 41 heavy (non-hydrogen) atoms. The predicted molar refractivity (Wildman–Crippen MR) is 169 cm³/mol. The molecule has 2 saturated heterocycles.